The van der Waals surface area contributed by atoms with Crippen molar-refractivity contribution in [3.63, 3.8) is 0 Å². The SMILES string of the molecule is COC(=O)[C@H](CC(C)C)NC(=O)[C@@H]1Cc2ccccc2CN1C(=O)OCc1ccccc1. The van der Waals surface area contributed by atoms with E-state index in [9.17, 15) is 14.4 Å². The van der Waals surface area contributed by atoms with Crippen LogP contribution in [-0.2, 0) is 38.6 Å². The van der Waals surface area contributed by atoms with E-state index in [0.717, 1.165) is 16.7 Å². The average Bonchev–Trinajstić information content (AvgIpc) is 2.81. The molecule has 1 aliphatic rings. The van der Waals surface area contributed by atoms with Crippen molar-refractivity contribution in [3.05, 3.63) is 71.3 Å². The van der Waals surface area contributed by atoms with Crippen LogP contribution in [0, 0.1) is 5.92 Å². The summed E-state index contributed by atoms with van der Waals surface area (Å²) in [7, 11) is 1.30. The monoisotopic (exact) mass is 438 g/mol. The Kier molecular flexibility index (Phi) is 7.87. The topological polar surface area (TPSA) is 84.9 Å². The van der Waals surface area contributed by atoms with Gasteiger partial charge in [-0.25, -0.2) is 9.59 Å². The minimum absolute atomic E-state index is 0.115. The zero-order chi connectivity index (χ0) is 23.1. The molecule has 1 aliphatic heterocycles. The van der Waals surface area contributed by atoms with Gasteiger partial charge in [-0.05, 0) is 29.0 Å². The van der Waals surface area contributed by atoms with Crippen molar-refractivity contribution in [2.24, 2.45) is 5.92 Å². The van der Waals surface area contributed by atoms with Crippen LogP contribution in [0.1, 0.15) is 37.0 Å². The summed E-state index contributed by atoms with van der Waals surface area (Å²) in [5.41, 5.74) is 2.83. The Balaban J connectivity index is 1.78. The van der Waals surface area contributed by atoms with Crippen LogP contribution in [0.15, 0.2) is 54.6 Å². The standard InChI is InChI=1S/C25H30N2O5/c1-17(2)13-21(24(29)31-3)26-23(28)22-14-19-11-7-8-12-20(19)15-27(22)25(30)32-16-18-9-5-4-6-10-18/h4-12,17,21-22H,13-16H2,1-3H3,(H,26,28)/t21-,22-/m0/s1. The predicted molar refractivity (Wildman–Crippen MR) is 120 cm³/mol. The fourth-order valence-electron chi connectivity index (χ4n) is 3.85. The fourth-order valence-corrected chi connectivity index (χ4v) is 3.85. The number of carbonyl (C=O) groups is 3. The minimum Gasteiger partial charge on any atom is -0.467 e. The third kappa shape index (κ3) is 5.87. The molecule has 0 bridgehead atoms. The molecule has 2 aromatic rings. The van der Waals surface area contributed by atoms with Gasteiger partial charge >= 0.3 is 12.1 Å². The van der Waals surface area contributed by atoms with Crippen molar-refractivity contribution < 1.29 is 23.9 Å². The number of hydrogen-bond acceptors (Lipinski definition) is 5. The molecular weight excluding hydrogens is 408 g/mol. The smallest absolute Gasteiger partial charge is 0.411 e. The minimum atomic E-state index is -0.785. The van der Waals surface area contributed by atoms with Gasteiger partial charge in [0.05, 0.1) is 13.7 Å². The Morgan fingerprint density at radius 1 is 1.03 bits per heavy atom. The molecule has 2 aromatic carbocycles. The molecule has 0 unspecified atom stereocenters. The second kappa shape index (κ2) is 10.8. The zero-order valence-electron chi connectivity index (χ0n) is 18.7. The predicted octanol–water partition coefficient (Wildman–Crippen LogP) is 3.45. The van der Waals surface area contributed by atoms with Crippen LogP contribution in [0.4, 0.5) is 4.79 Å². The highest BCUT2D eigenvalue weighted by Crippen LogP contribution is 2.25. The Morgan fingerprint density at radius 3 is 2.34 bits per heavy atom. The number of rotatable bonds is 7. The van der Waals surface area contributed by atoms with Crippen molar-refractivity contribution in [2.75, 3.05) is 7.11 Å². The highest BCUT2D eigenvalue weighted by Gasteiger charge is 2.37. The number of amides is 2. The van der Waals surface area contributed by atoms with Crippen molar-refractivity contribution in [3.8, 4) is 0 Å². The number of benzene rings is 2. The fraction of sp³-hybridized carbons (Fsp3) is 0.400. The highest BCUT2D eigenvalue weighted by molar-refractivity contribution is 5.90. The van der Waals surface area contributed by atoms with Crippen LogP contribution in [0.5, 0.6) is 0 Å². The van der Waals surface area contributed by atoms with Gasteiger partial charge in [0, 0.05) is 6.42 Å². The first kappa shape index (κ1) is 23.3. The molecule has 0 spiro atoms. The average molecular weight is 439 g/mol. The maximum atomic E-state index is 13.2. The number of nitrogens with zero attached hydrogens (tertiary/aromatic N) is 1. The van der Waals surface area contributed by atoms with Gasteiger partial charge in [0.2, 0.25) is 5.91 Å². The molecule has 32 heavy (non-hydrogen) atoms. The molecule has 2 atom stereocenters. The van der Waals surface area contributed by atoms with Gasteiger partial charge in [0.25, 0.3) is 0 Å². The molecule has 0 saturated carbocycles. The highest BCUT2D eigenvalue weighted by atomic mass is 16.6. The van der Waals surface area contributed by atoms with Crippen molar-refractivity contribution in [2.45, 2.75) is 51.9 Å². The lowest BCUT2D eigenvalue weighted by molar-refractivity contribution is -0.146. The number of carbonyl (C=O) groups excluding carboxylic acids is 3. The lowest BCUT2D eigenvalue weighted by atomic mass is 9.93. The summed E-state index contributed by atoms with van der Waals surface area (Å²) >= 11 is 0. The molecule has 1 heterocycles. The molecule has 7 nitrogen and oxygen atoms in total. The second-order valence-electron chi connectivity index (χ2n) is 8.37. The lowest BCUT2D eigenvalue weighted by Crippen LogP contribution is -2.55. The van der Waals surface area contributed by atoms with E-state index in [-0.39, 0.29) is 19.1 Å². The summed E-state index contributed by atoms with van der Waals surface area (Å²) in [5.74, 6) is -0.716. The largest absolute Gasteiger partial charge is 0.467 e. The van der Waals surface area contributed by atoms with Gasteiger partial charge in [-0.2, -0.15) is 0 Å². The van der Waals surface area contributed by atoms with Gasteiger partial charge in [-0.15, -0.1) is 0 Å². The number of ether oxygens (including phenoxy) is 2. The summed E-state index contributed by atoms with van der Waals surface area (Å²) in [6, 6.07) is 15.5. The van der Waals surface area contributed by atoms with Crippen LogP contribution >= 0.6 is 0 Å². The maximum absolute atomic E-state index is 13.2. The van der Waals surface area contributed by atoms with Crippen LogP contribution in [0.2, 0.25) is 0 Å². The van der Waals surface area contributed by atoms with Crippen LogP contribution in [0.3, 0.4) is 0 Å². The molecule has 1 N–H and O–H groups in total. The Labute approximate surface area is 188 Å². The number of methoxy groups -OCH3 is 1. The van der Waals surface area contributed by atoms with Crippen molar-refractivity contribution in [1.29, 1.82) is 0 Å². The summed E-state index contributed by atoms with van der Waals surface area (Å²) in [4.78, 5) is 39.9. The van der Waals surface area contributed by atoms with Gasteiger partial charge < -0.3 is 14.8 Å². The Morgan fingerprint density at radius 2 is 1.69 bits per heavy atom. The van der Waals surface area contributed by atoms with E-state index in [1.54, 1.807) is 0 Å². The zero-order valence-corrected chi connectivity index (χ0v) is 18.7. The number of fused-ring (bicyclic) bond motifs is 1. The van der Waals surface area contributed by atoms with Crippen LogP contribution in [0.25, 0.3) is 0 Å². The molecule has 0 fully saturated rings. The summed E-state index contributed by atoms with van der Waals surface area (Å²) in [5, 5.41) is 2.80. The van der Waals surface area contributed by atoms with E-state index in [1.165, 1.54) is 12.0 Å². The quantitative estimate of drug-likeness (QED) is 0.670. The Hall–Kier alpha value is -3.35. The van der Waals surface area contributed by atoms with Gasteiger partial charge in [-0.1, -0.05) is 68.4 Å². The van der Waals surface area contributed by atoms with Gasteiger partial charge in [0.1, 0.15) is 18.7 Å². The molecule has 0 aromatic heterocycles. The Bertz CT molecular complexity index is 944. The van der Waals surface area contributed by atoms with E-state index in [2.05, 4.69) is 5.32 Å². The number of esters is 1. The van der Waals surface area contributed by atoms with Crippen LogP contribution < -0.4 is 5.32 Å². The molecular formula is C25H30N2O5. The van der Waals surface area contributed by atoms with Crippen molar-refractivity contribution >= 4 is 18.0 Å². The third-order valence-corrected chi connectivity index (χ3v) is 5.50. The van der Waals surface area contributed by atoms with E-state index in [0.29, 0.717) is 12.8 Å². The van der Waals surface area contributed by atoms with E-state index >= 15 is 0 Å². The molecule has 0 saturated heterocycles. The second-order valence-corrected chi connectivity index (χ2v) is 8.37. The summed E-state index contributed by atoms with van der Waals surface area (Å²) in [6.45, 7) is 4.30. The molecule has 3 rings (SSSR count). The molecule has 170 valence electrons. The van der Waals surface area contributed by atoms with E-state index < -0.39 is 30.1 Å². The summed E-state index contributed by atoms with van der Waals surface area (Å²) < 4.78 is 10.4. The van der Waals surface area contributed by atoms with E-state index in [1.807, 2.05) is 68.4 Å². The first-order chi connectivity index (χ1) is 15.4. The third-order valence-electron chi connectivity index (χ3n) is 5.50. The normalized spacial score (nSPS) is 16.1. The maximum Gasteiger partial charge on any atom is 0.411 e. The van der Waals surface area contributed by atoms with Gasteiger partial charge in [0.15, 0.2) is 0 Å². The first-order valence-corrected chi connectivity index (χ1v) is 10.8. The van der Waals surface area contributed by atoms with Crippen molar-refractivity contribution in [1.82, 2.24) is 10.2 Å². The molecule has 0 radical (unpaired) electrons. The number of nitrogens with one attached hydrogen (secondary N) is 1. The summed E-state index contributed by atoms with van der Waals surface area (Å²) in [6.07, 6.45) is 0.222. The molecule has 7 heteroatoms. The first-order valence-electron chi connectivity index (χ1n) is 10.8. The van der Waals surface area contributed by atoms with Gasteiger partial charge in [-0.3, -0.25) is 9.69 Å². The molecule has 2 amide bonds. The van der Waals surface area contributed by atoms with Crippen LogP contribution in [-0.4, -0.2) is 42.1 Å². The van der Waals surface area contributed by atoms with E-state index in [4.69, 9.17) is 9.47 Å². The molecule has 0 aliphatic carbocycles. The lowest BCUT2D eigenvalue weighted by Gasteiger charge is -2.36. The number of hydrogen-bond donors (Lipinski definition) is 1.